The number of fused-ring (bicyclic) bond motifs is 1. The number of nitrogens with zero attached hydrogens (tertiary/aromatic N) is 3. The van der Waals surface area contributed by atoms with E-state index < -0.39 is 4.92 Å². The number of rotatable bonds is 3. The number of hydrogen-bond donors (Lipinski definition) is 1. The first kappa shape index (κ1) is 15.4. The number of hydrogen-bond acceptors (Lipinski definition) is 5. The zero-order chi connectivity index (χ0) is 17.3. The van der Waals surface area contributed by atoms with E-state index >= 15 is 0 Å². The van der Waals surface area contributed by atoms with Crippen molar-refractivity contribution in [2.45, 2.75) is 0 Å². The van der Waals surface area contributed by atoms with Crippen LogP contribution in [0.25, 0.3) is 10.9 Å². The minimum Gasteiger partial charge on any atom is -0.506 e. The van der Waals surface area contributed by atoms with Gasteiger partial charge in [0.15, 0.2) is 0 Å². The predicted molar refractivity (Wildman–Crippen MR) is 91.2 cm³/mol. The average molecular weight is 323 g/mol. The standard InChI is InChI=1S/C17H13N3O4/c1-19-15-5-3-2-4-13(15)16(21)14(17(19)22)10-18-11-6-8-12(9-7-11)20(23)24/h2-10,21H,1H3. The Morgan fingerprint density at radius 2 is 1.83 bits per heavy atom. The number of benzene rings is 2. The van der Waals surface area contributed by atoms with E-state index in [0.29, 0.717) is 16.6 Å². The van der Waals surface area contributed by atoms with Gasteiger partial charge in [0, 0.05) is 30.8 Å². The molecule has 1 aromatic heterocycles. The van der Waals surface area contributed by atoms with Crippen LogP contribution in [0.3, 0.4) is 0 Å². The summed E-state index contributed by atoms with van der Waals surface area (Å²) in [6.45, 7) is 0. The second-order valence-electron chi connectivity index (χ2n) is 5.18. The minimum absolute atomic E-state index is 0.0431. The van der Waals surface area contributed by atoms with Gasteiger partial charge in [0.05, 0.1) is 16.1 Å². The molecule has 24 heavy (non-hydrogen) atoms. The van der Waals surface area contributed by atoms with E-state index in [1.165, 1.54) is 35.0 Å². The van der Waals surface area contributed by atoms with Crippen LogP contribution < -0.4 is 5.56 Å². The second-order valence-corrected chi connectivity index (χ2v) is 5.18. The highest BCUT2D eigenvalue weighted by molar-refractivity contribution is 5.95. The van der Waals surface area contributed by atoms with Gasteiger partial charge in [-0.3, -0.25) is 19.9 Å². The molecule has 3 rings (SSSR count). The number of nitro groups is 1. The first-order chi connectivity index (χ1) is 11.5. The van der Waals surface area contributed by atoms with Crippen molar-refractivity contribution in [2.75, 3.05) is 0 Å². The molecule has 0 radical (unpaired) electrons. The molecule has 1 heterocycles. The summed E-state index contributed by atoms with van der Waals surface area (Å²) in [5.74, 6) is -0.139. The Labute approximate surface area is 136 Å². The fourth-order valence-corrected chi connectivity index (χ4v) is 2.42. The predicted octanol–water partition coefficient (Wildman–Crippen LogP) is 2.90. The molecule has 0 bridgehead atoms. The fraction of sp³-hybridized carbons (Fsp3) is 0.0588. The number of aryl methyl sites for hydroxylation is 1. The lowest BCUT2D eigenvalue weighted by atomic mass is 10.1. The smallest absolute Gasteiger partial charge is 0.269 e. The van der Waals surface area contributed by atoms with Crippen LogP contribution in [0.4, 0.5) is 11.4 Å². The third-order valence-electron chi connectivity index (χ3n) is 3.71. The number of aliphatic imine (C=N–C) groups is 1. The maximum Gasteiger partial charge on any atom is 0.269 e. The SMILES string of the molecule is Cn1c(=O)c(C=Nc2ccc([N+](=O)[O-])cc2)c(O)c2ccccc21. The molecular weight excluding hydrogens is 310 g/mol. The van der Waals surface area contributed by atoms with Gasteiger partial charge in [0.2, 0.25) is 0 Å². The van der Waals surface area contributed by atoms with Gasteiger partial charge < -0.3 is 9.67 Å². The van der Waals surface area contributed by atoms with Gasteiger partial charge in [-0.05, 0) is 24.3 Å². The Morgan fingerprint density at radius 3 is 2.50 bits per heavy atom. The quantitative estimate of drug-likeness (QED) is 0.455. The number of non-ortho nitro benzene ring substituents is 1. The van der Waals surface area contributed by atoms with Crippen LogP contribution in [0.5, 0.6) is 5.75 Å². The summed E-state index contributed by atoms with van der Waals surface area (Å²) in [6.07, 6.45) is 1.27. The Bertz CT molecular complexity index is 1020. The van der Waals surface area contributed by atoms with Crippen molar-refractivity contribution in [1.29, 1.82) is 0 Å². The van der Waals surface area contributed by atoms with Crippen molar-refractivity contribution >= 4 is 28.5 Å². The third-order valence-corrected chi connectivity index (χ3v) is 3.71. The topological polar surface area (TPSA) is 97.7 Å². The Hall–Kier alpha value is -3.48. The minimum atomic E-state index is -0.502. The lowest BCUT2D eigenvalue weighted by Gasteiger charge is -2.09. The fourth-order valence-electron chi connectivity index (χ4n) is 2.42. The highest BCUT2D eigenvalue weighted by Gasteiger charge is 2.12. The average Bonchev–Trinajstić information content (AvgIpc) is 2.60. The van der Waals surface area contributed by atoms with Crippen LogP contribution in [-0.2, 0) is 7.05 Å². The van der Waals surface area contributed by atoms with Gasteiger partial charge in [0.25, 0.3) is 11.2 Å². The molecule has 0 unspecified atom stereocenters. The molecule has 0 aliphatic carbocycles. The van der Waals surface area contributed by atoms with Gasteiger partial charge in [-0.2, -0.15) is 0 Å². The zero-order valence-electron chi connectivity index (χ0n) is 12.7. The maximum atomic E-state index is 12.4. The van der Waals surface area contributed by atoms with E-state index in [4.69, 9.17) is 0 Å². The summed E-state index contributed by atoms with van der Waals surface area (Å²) >= 11 is 0. The van der Waals surface area contributed by atoms with Gasteiger partial charge in [-0.15, -0.1) is 0 Å². The molecule has 0 amide bonds. The molecule has 0 atom stereocenters. The van der Waals surface area contributed by atoms with E-state index in [0.717, 1.165) is 0 Å². The van der Waals surface area contributed by atoms with E-state index in [9.17, 15) is 20.0 Å². The van der Waals surface area contributed by atoms with Crippen LogP contribution in [-0.4, -0.2) is 20.8 Å². The molecule has 0 aliphatic heterocycles. The Morgan fingerprint density at radius 1 is 1.17 bits per heavy atom. The van der Waals surface area contributed by atoms with E-state index in [1.807, 2.05) is 0 Å². The van der Waals surface area contributed by atoms with Gasteiger partial charge in [0.1, 0.15) is 11.3 Å². The van der Waals surface area contributed by atoms with E-state index in [2.05, 4.69) is 4.99 Å². The normalized spacial score (nSPS) is 11.2. The Kier molecular flexibility index (Phi) is 3.83. The van der Waals surface area contributed by atoms with Gasteiger partial charge in [-0.1, -0.05) is 12.1 Å². The lowest BCUT2D eigenvalue weighted by Crippen LogP contribution is -2.21. The van der Waals surface area contributed by atoms with Crippen molar-refractivity contribution in [3.05, 3.63) is 74.6 Å². The van der Waals surface area contributed by atoms with Crippen LogP contribution in [0.1, 0.15) is 5.56 Å². The van der Waals surface area contributed by atoms with Crippen LogP contribution in [0, 0.1) is 10.1 Å². The first-order valence-electron chi connectivity index (χ1n) is 7.08. The first-order valence-corrected chi connectivity index (χ1v) is 7.08. The largest absolute Gasteiger partial charge is 0.506 e. The Balaban J connectivity index is 2.07. The summed E-state index contributed by atoms with van der Waals surface area (Å²) in [5, 5.41) is 21.5. The molecule has 0 aliphatic rings. The molecule has 7 heteroatoms. The maximum absolute atomic E-state index is 12.4. The van der Waals surface area contributed by atoms with Crippen molar-refractivity contribution in [2.24, 2.45) is 12.0 Å². The van der Waals surface area contributed by atoms with Crippen LogP contribution >= 0.6 is 0 Å². The summed E-state index contributed by atoms with van der Waals surface area (Å²) in [6, 6.07) is 12.6. The highest BCUT2D eigenvalue weighted by atomic mass is 16.6. The molecule has 0 spiro atoms. The van der Waals surface area contributed by atoms with Crippen molar-refractivity contribution in [3.63, 3.8) is 0 Å². The molecule has 0 fully saturated rings. The third kappa shape index (κ3) is 2.63. The van der Waals surface area contributed by atoms with Crippen LogP contribution in [0.2, 0.25) is 0 Å². The van der Waals surface area contributed by atoms with E-state index in [1.54, 1.807) is 31.3 Å². The van der Waals surface area contributed by atoms with Gasteiger partial charge >= 0.3 is 0 Å². The lowest BCUT2D eigenvalue weighted by molar-refractivity contribution is -0.384. The molecule has 3 aromatic rings. The van der Waals surface area contributed by atoms with Crippen molar-refractivity contribution < 1.29 is 10.0 Å². The number of para-hydroxylation sites is 1. The summed E-state index contributed by atoms with van der Waals surface area (Å²) in [7, 11) is 1.62. The molecule has 0 saturated heterocycles. The summed E-state index contributed by atoms with van der Waals surface area (Å²) in [5.41, 5.74) is 0.701. The second kappa shape index (κ2) is 5.96. The monoisotopic (exact) mass is 323 g/mol. The highest BCUT2D eigenvalue weighted by Crippen LogP contribution is 2.25. The molecule has 0 saturated carbocycles. The molecule has 1 N–H and O–H groups in total. The van der Waals surface area contributed by atoms with Crippen LogP contribution in [0.15, 0.2) is 58.3 Å². The molecule has 120 valence electrons. The zero-order valence-corrected chi connectivity index (χ0v) is 12.7. The van der Waals surface area contributed by atoms with Crippen molar-refractivity contribution in [1.82, 2.24) is 4.57 Å². The number of pyridine rings is 1. The van der Waals surface area contributed by atoms with Gasteiger partial charge in [-0.25, -0.2) is 0 Å². The number of aromatic hydroxyl groups is 1. The van der Waals surface area contributed by atoms with Crippen molar-refractivity contribution in [3.8, 4) is 5.75 Å². The van der Waals surface area contributed by atoms with E-state index in [-0.39, 0.29) is 22.6 Å². The number of aromatic nitrogens is 1. The summed E-state index contributed by atoms with van der Waals surface area (Å²) < 4.78 is 1.44. The molecular formula is C17H13N3O4. The molecule has 2 aromatic carbocycles. The number of nitro benzene ring substituents is 1. The summed E-state index contributed by atoms with van der Waals surface area (Å²) in [4.78, 5) is 26.6. The molecule has 7 nitrogen and oxygen atoms in total.